The maximum atomic E-state index is 13.2. The van der Waals surface area contributed by atoms with E-state index in [0.29, 0.717) is 17.9 Å². The Morgan fingerprint density at radius 3 is 2.78 bits per heavy atom. The Morgan fingerprint density at radius 1 is 1.12 bits per heavy atom. The minimum atomic E-state index is -0.710. The van der Waals surface area contributed by atoms with Gasteiger partial charge in [-0.2, -0.15) is 0 Å². The highest BCUT2D eigenvalue weighted by Gasteiger charge is 2.29. The molecule has 32 heavy (non-hydrogen) atoms. The van der Waals surface area contributed by atoms with Crippen LogP contribution in [0.1, 0.15) is 33.2 Å². The number of nitrogens with one attached hydrogen (secondary N) is 2. The van der Waals surface area contributed by atoms with E-state index in [-0.39, 0.29) is 11.8 Å². The molecule has 0 saturated carbocycles. The van der Waals surface area contributed by atoms with Gasteiger partial charge < -0.3 is 10.6 Å². The minimum absolute atomic E-state index is 0.198. The van der Waals surface area contributed by atoms with E-state index in [1.807, 2.05) is 71.3 Å². The summed E-state index contributed by atoms with van der Waals surface area (Å²) in [7, 11) is 0. The number of nitrogens with zero attached hydrogens (tertiary/aromatic N) is 2. The summed E-state index contributed by atoms with van der Waals surface area (Å²) in [5, 5.41) is 5.77. The van der Waals surface area contributed by atoms with E-state index in [1.54, 1.807) is 6.07 Å². The molecular formula is C24H19BrN4O2S. The maximum Gasteiger partial charge on any atom is 0.253 e. The first-order valence-corrected chi connectivity index (χ1v) is 11.9. The fourth-order valence-electron chi connectivity index (χ4n) is 3.79. The number of carbonyl (C=O) groups excluding carboxylic acids is 2. The Hall–Kier alpha value is -3.10. The van der Waals surface area contributed by atoms with Crippen molar-refractivity contribution in [3.05, 3.63) is 99.9 Å². The quantitative estimate of drug-likeness (QED) is 0.391. The highest BCUT2D eigenvalue weighted by molar-refractivity contribution is 9.10. The lowest BCUT2D eigenvalue weighted by atomic mass is 9.96. The van der Waals surface area contributed by atoms with Crippen molar-refractivity contribution in [3.63, 3.8) is 0 Å². The number of rotatable bonds is 5. The van der Waals surface area contributed by atoms with E-state index in [4.69, 9.17) is 0 Å². The Bertz CT molecular complexity index is 1340. The zero-order valence-electron chi connectivity index (χ0n) is 16.9. The largest absolute Gasteiger partial charge is 0.350 e. The molecule has 0 aliphatic carbocycles. The number of imidazole rings is 1. The standard InChI is InChI=1S/C24H19BrN4O2S/c25-22-18(27-20-11-5-6-12-29(20)22)14-32-19-10-4-3-9-17(19)23(30)28-21-16-8-2-1-7-15(16)13-26-24(21)31/h1-12,21H,13-14H2,(H,26,31)(H,28,30). The van der Waals surface area contributed by atoms with Gasteiger partial charge in [-0.1, -0.05) is 42.5 Å². The molecule has 1 atom stereocenters. The molecule has 0 fully saturated rings. The van der Waals surface area contributed by atoms with Crippen LogP contribution >= 0.6 is 27.7 Å². The monoisotopic (exact) mass is 506 g/mol. The van der Waals surface area contributed by atoms with Gasteiger partial charge in [0.15, 0.2) is 0 Å². The Morgan fingerprint density at radius 2 is 1.91 bits per heavy atom. The molecule has 0 bridgehead atoms. The number of benzene rings is 2. The molecule has 4 aromatic rings. The van der Waals surface area contributed by atoms with Crippen LogP contribution in [-0.4, -0.2) is 21.2 Å². The summed E-state index contributed by atoms with van der Waals surface area (Å²) in [6.45, 7) is 0.474. The second kappa shape index (κ2) is 8.80. The fraction of sp³-hybridized carbons (Fsp3) is 0.125. The highest BCUT2D eigenvalue weighted by atomic mass is 79.9. The summed E-state index contributed by atoms with van der Waals surface area (Å²) >= 11 is 5.16. The summed E-state index contributed by atoms with van der Waals surface area (Å²) < 4.78 is 2.88. The van der Waals surface area contributed by atoms with Crippen LogP contribution in [0.25, 0.3) is 5.65 Å². The van der Waals surface area contributed by atoms with Crippen LogP contribution in [0.4, 0.5) is 0 Å². The number of fused-ring (bicyclic) bond motifs is 2. The third kappa shape index (κ3) is 3.91. The molecule has 1 unspecified atom stereocenters. The third-order valence-corrected chi connectivity index (χ3v) is 7.31. The summed E-state index contributed by atoms with van der Waals surface area (Å²) in [4.78, 5) is 31.2. The van der Waals surface area contributed by atoms with Crippen LogP contribution in [0.2, 0.25) is 0 Å². The van der Waals surface area contributed by atoms with E-state index in [0.717, 1.165) is 32.0 Å². The first-order chi connectivity index (χ1) is 15.6. The predicted octanol–water partition coefficient (Wildman–Crippen LogP) is 4.49. The van der Waals surface area contributed by atoms with Crippen molar-refractivity contribution in [2.75, 3.05) is 0 Å². The number of hydrogen-bond donors (Lipinski definition) is 2. The minimum Gasteiger partial charge on any atom is -0.350 e. The van der Waals surface area contributed by atoms with Gasteiger partial charge in [-0.05, 0) is 51.3 Å². The van der Waals surface area contributed by atoms with Gasteiger partial charge in [0.2, 0.25) is 5.91 Å². The SMILES string of the molecule is O=C(NC1C(=O)NCc2ccccc21)c1ccccc1SCc1nc2ccccn2c1Br. The lowest BCUT2D eigenvalue weighted by Crippen LogP contribution is -2.44. The highest BCUT2D eigenvalue weighted by Crippen LogP contribution is 2.30. The Labute approximate surface area is 197 Å². The van der Waals surface area contributed by atoms with Gasteiger partial charge in [0.05, 0.1) is 11.3 Å². The van der Waals surface area contributed by atoms with E-state index < -0.39 is 6.04 Å². The van der Waals surface area contributed by atoms with Gasteiger partial charge in [0, 0.05) is 23.4 Å². The average molecular weight is 507 g/mol. The lowest BCUT2D eigenvalue weighted by molar-refractivity contribution is -0.123. The van der Waals surface area contributed by atoms with Crippen molar-refractivity contribution < 1.29 is 9.59 Å². The van der Waals surface area contributed by atoms with Crippen LogP contribution in [0, 0.1) is 0 Å². The number of aromatic nitrogens is 2. The molecule has 2 N–H and O–H groups in total. The molecule has 160 valence electrons. The van der Waals surface area contributed by atoms with Gasteiger partial charge in [-0.3, -0.25) is 14.0 Å². The second-order valence-corrected chi connectivity index (χ2v) is 9.15. The molecule has 0 radical (unpaired) electrons. The molecule has 6 nitrogen and oxygen atoms in total. The summed E-state index contributed by atoms with van der Waals surface area (Å²) in [5.74, 6) is 0.120. The van der Waals surface area contributed by atoms with Crippen molar-refractivity contribution in [2.24, 2.45) is 0 Å². The van der Waals surface area contributed by atoms with Crippen molar-refractivity contribution in [1.29, 1.82) is 0 Å². The molecular weight excluding hydrogens is 488 g/mol. The molecule has 5 rings (SSSR count). The fourth-order valence-corrected chi connectivity index (χ4v) is 5.49. The lowest BCUT2D eigenvalue weighted by Gasteiger charge is -2.26. The molecule has 2 aromatic heterocycles. The molecule has 2 amide bonds. The van der Waals surface area contributed by atoms with E-state index >= 15 is 0 Å². The predicted molar refractivity (Wildman–Crippen MR) is 127 cm³/mol. The molecule has 1 aliphatic rings. The normalized spacial score (nSPS) is 15.3. The van der Waals surface area contributed by atoms with Gasteiger partial charge in [-0.15, -0.1) is 11.8 Å². The number of carbonyl (C=O) groups is 2. The Balaban J connectivity index is 1.37. The first kappa shape index (κ1) is 20.8. The van der Waals surface area contributed by atoms with Crippen LogP contribution in [0.3, 0.4) is 0 Å². The van der Waals surface area contributed by atoms with Gasteiger partial charge in [0.25, 0.3) is 5.91 Å². The number of amides is 2. The molecule has 0 spiro atoms. The smallest absolute Gasteiger partial charge is 0.253 e. The zero-order chi connectivity index (χ0) is 22.1. The molecule has 2 aromatic carbocycles. The molecule has 1 aliphatic heterocycles. The van der Waals surface area contributed by atoms with Gasteiger partial charge in [-0.25, -0.2) is 4.98 Å². The number of thioether (sulfide) groups is 1. The molecule has 3 heterocycles. The van der Waals surface area contributed by atoms with Crippen molar-refractivity contribution in [1.82, 2.24) is 20.0 Å². The average Bonchev–Trinajstić information content (AvgIpc) is 3.15. The Kier molecular flexibility index (Phi) is 5.71. The first-order valence-electron chi connectivity index (χ1n) is 10.1. The number of hydrogen-bond acceptors (Lipinski definition) is 4. The van der Waals surface area contributed by atoms with Crippen molar-refractivity contribution in [3.8, 4) is 0 Å². The van der Waals surface area contributed by atoms with Crippen LogP contribution in [0.15, 0.2) is 82.4 Å². The molecule has 8 heteroatoms. The number of halogens is 1. The third-order valence-electron chi connectivity index (χ3n) is 5.39. The maximum absolute atomic E-state index is 13.2. The van der Waals surface area contributed by atoms with Crippen molar-refractivity contribution in [2.45, 2.75) is 23.2 Å². The van der Waals surface area contributed by atoms with E-state index in [2.05, 4.69) is 31.5 Å². The van der Waals surface area contributed by atoms with E-state index in [9.17, 15) is 9.59 Å². The zero-order valence-corrected chi connectivity index (χ0v) is 19.3. The summed E-state index contributed by atoms with van der Waals surface area (Å²) in [5.41, 5.74) is 4.15. The summed E-state index contributed by atoms with van der Waals surface area (Å²) in [6, 6.07) is 20.2. The second-order valence-electron chi connectivity index (χ2n) is 7.39. The van der Waals surface area contributed by atoms with Crippen LogP contribution < -0.4 is 10.6 Å². The topological polar surface area (TPSA) is 75.5 Å². The van der Waals surface area contributed by atoms with E-state index in [1.165, 1.54) is 11.8 Å². The number of pyridine rings is 1. The van der Waals surface area contributed by atoms with Gasteiger partial charge >= 0.3 is 0 Å². The van der Waals surface area contributed by atoms with Gasteiger partial charge in [0.1, 0.15) is 16.3 Å². The van der Waals surface area contributed by atoms with Crippen LogP contribution in [0.5, 0.6) is 0 Å². The summed E-state index contributed by atoms with van der Waals surface area (Å²) in [6.07, 6.45) is 1.95. The molecule has 0 saturated heterocycles. The van der Waals surface area contributed by atoms with Crippen molar-refractivity contribution >= 4 is 45.2 Å². The van der Waals surface area contributed by atoms with Crippen LogP contribution in [-0.2, 0) is 17.1 Å².